The van der Waals surface area contributed by atoms with E-state index in [-0.39, 0.29) is 6.04 Å². The number of anilines is 2. The van der Waals surface area contributed by atoms with Gasteiger partial charge in [-0.05, 0) is 25.0 Å². The number of hydrogen-bond donors (Lipinski definition) is 2. The van der Waals surface area contributed by atoms with E-state index in [2.05, 4.69) is 30.2 Å². The first-order valence-electron chi connectivity index (χ1n) is 6.59. The maximum absolute atomic E-state index is 6.18. The van der Waals surface area contributed by atoms with Gasteiger partial charge < -0.3 is 15.8 Å². The second-order valence-corrected chi connectivity index (χ2v) is 5.77. The van der Waals surface area contributed by atoms with Crippen molar-refractivity contribution in [2.75, 3.05) is 24.3 Å². The molecule has 0 amide bonds. The van der Waals surface area contributed by atoms with Gasteiger partial charge in [0.1, 0.15) is 5.52 Å². The highest BCUT2D eigenvalue weighted by atomic mass is 32.1. The Morgan fingerprint density at radius 1 is 1.42 bits per heavy atom. The SMILES string of the molecule is CCOCC(Nc1ccc2scnc2c1N)C(C)C. The number of aromatic nitrogens is 1. The van der Waals surface area contributed by atoms with Gasteiger partial charge in [0.2, 0.25) is 0 Å². The molecule has 0 saturated carbocycles. The van der Waals surface area contributed by atoms with Crippen LogP contribution in [0.2, 0.25) is 0 Å². The van der Waals surface area contributed by atoms with Gasteiger partial charge in [-0.2, -0.15) is 0 Å². The van der Waals surface area contributed by atoms with Crippen molar-refractivity contribution in [2.24, 2.45) is 5.92 Å². The van der Waals surface area contributed by atoms with Gasteiger partial charge in [0.15, 0.2) is 0 Å². The van der Waals surface area contributed by atoms with Crippen LogP contribution in [-0.4, -0.2) is 24.2 Å². The van der Waals surface area contributed by atoms with Crippen LogP contribution in [0.3, 0.4) is 0 Å². The lowest BCUT2D eigenvalue weighted by atomic mass is 10.0. The van der Waals surface area contributed by atoms with Gasteiger partial charge in [-0.25, -0.2) is 4.98 Å². The summed E-state index contributed by atoms with van der Waals surface area (Å²) >= 11 is 1.61. The lowest BCUT2D eigenvalue weighted by Crippen LogP contribution is -2.31. The molecule has 1 aromatic carbocycles. The van der Waals surface area contributed by atoms with Crippen LogP contribution >= 0.6 is 11.3 Å². The van der Waals surface area contributed by atoms with Crippen molar-refractivity contribution in [3.8, 4) is 0 Å². The third kappa shape index (κ3) is 3.16. The molecule has 3 N–H and O–H groups in total. The number of nitrogens with two attached hydrogens (primary N) is 1. The molecule has 19 heavy (non-hydrogen) atoms. The minimum atomic E-state index is 0.248. The second-order valence-electron chi connectivity index (χ2n) is 4.88. The predicted octanol–water partition coefficient (Wildman–Crippen LogP) is 3.35. The molecular weight excluding hydrogens is 258 g/mol. The van der Waals surface area contributed by atoms with E-state index in [1.807, 2.05) is 18.5 Å². The number of nitrogens with one attached hydrogen (secondary N) is 1. The molecule has 0 radical (unpaired) electrons. The van der Waals surface area contributed by atoms with Crippen LogP contribution in [-0.2, 0) is 4.74 Å². The van der Waals surface area contributed by atoms with Gasteiger partial charge in [0.05, 0.1) is 34.2 Å². The largest absolute Gasteiger partial charge is 0.395 e. The Morgan fingerprint density at radius 2 is 2.21 bits per heavy atom. The Morgan fingerprint density at radius 3 is 2.89 bits per heavy atom. The molecule has 0 aliphatic heterocycles. The van der Waals surface area contributed by atoms with E-state index >= 15 is 0 Å². The van der Waals surface area contributed by atoms with Gasteiger partial charge in [-0.15, -0.1) is 11.3 Å². The van der Waals surface area contributed by atoms with Gasteiger partial charge in [0, 0.05) is 6.61 Å². The third-order valence-corrected chi connectivity index (χ3v) is 3.98. The topological polar surface area (TPSA) is 60.2 Å². The lowest BCUT2D eigenvalue weighted by Gasteiger charge is -2.24. The third-order valence-electron chi connectivity index (χ3n) is 3.19. The average molecular weight is 279 g/mol. The van der Waals surface area contributed by atoms with E-state index in [1.165, 1.54) is 0 Å². The number of ether oxygens (including phenoxy) is 1. The molecule has 0 spiro atoms. The van der Waals surface area contributed by atoms with Crippen molar-refractivity contribution in [1.82, 2.24) is 4.98 Å². The number of fused-ring (bicyclic) bond motifs is 1. The molecule has 1 unspecified atom stereocenters. The lowest BCUT2D eigenvalue weighted by molar-refractivity contribution is 0.127. The van der Waals surface area contributed by atoms with Crippen LogP contribution in [0.1, 0.15) is 20.8 Å². The monoisotopic (exact) mass is 279 g/mol. The molecule has 104 valence electrons. The summed E-state index contributed by atoms with van der Waals surface area (Å²) in [6, 6.07) is 4.33. The Labute approximate surface area is 118 Å². The molecule has 0 saturated heterocycles. The zero-order chi connectivity index (χ0) is 13.8. The van der Waals surface area contributed by atoms with Crippen molar-refractivity contribution < 1.29 is 4.74 Å². The molecule has 2 aromatic rings. The first kappa shape index (κ1) is 14.1. The summed E-state index contributed by atoms with van der Waals surface area (Å²) in [4.78, 5) is 4.32. The highest BCUT2D eigenvalue weighted by molar-refractivity contribution is 7.16. The maximum Gasteiger partial charge on any atom is 0.106 e. The van der Waals surface area contributed by atoms with Gasteiger partial charge in [-0.3, -0.25) is 0 Å². The fraction of sp³-hybridized carbons (Fsp3) is 0.500. The van der Waals surface area contributed by atoms with Crippen molar-refractivity contribution in [2.45, 2.75) is 26.8 Å². The van der Waals surface area contributed by atoms with Crippen molar-refractivity contribution in [1.29, 1.82) is 0 Å². The first-order valence-corrected chi connectivity index (χ1v) is 7.47. The normalized spacial score (nSPS) is 13.1. The Bertz CT molecular complexity index is 538. The zero-order valence-electron chi connectivity index (χ0n) is 11.6. The van der Waals surface area contributed by atoms with Crippen LogP contribution in [0, 0.1) is 5.92 Å². The van der Waals surface area contributed by atoms with E-state index in [0.717, 1.165) is 28.2 Å². The zero-order valence-corrected chi connectivity index (χ0v) is 12.5. The summed E-state index contributed by atoms with van der Waals surface area (Å²) in [6.07, 6.45) is 0. The van der Waals surface area contributed by atoms with Crippen LogP contribution < -0.4 is 11.1 Å². The molecule has 0 aliphatic carbocycles. The number of rotatable bonds is 6. The summed E-state index contributed by atoms with van der Waals surface area (Å²) in [5.41, 5.74) is 10.6. The number of thiazole rings is 1. The van der Waals surface area contributed by atoms with Crippen molar-refractivity contribution in [3.05, 3.63) is 17.6 Å². The van der Waals surface area contributed by atoms with E-state index in [9.17, 15) is 0 Å². The molecule has 1 atom stereocenters. The van der Waals surface area contributed by atoms with Crippen LogP contribution in [0.25, 0.3) is 10.2 Å². The second kappa shape index (κ2) is 6.21. The minimum absolute atomic E-state index is 0.248. The highest BCUT2D eigenvalue weighted by Crippen LogP contribution is 2.30. The van der Waals surface area contributed by atoms with E-state index < -0.39 is 0 Å². The molecule has 0 aliphatic rings. The van der Waals surface area contributed by atoms with Crippen LogP contribution in [0.5, 0.6) is 0 Å². The van der Waals surface area contributed by atoms with Crippen LogP contribution in [0.4, 0.5) is 11.4 Å². The summed E-state index contributed by atoms with van der Waals surface area (Å²) in [7, 11) is 0. The van der Waals surface area contributed by atoms with Crippen LogP contribution in [0.15, 0.2) is 17.6 Å². The number of benzene rings is 1. The molecule has 4 nitrogen and oxygen atoms in total. The number of hydrogen-bond acceptors (Lipinski definition) is 5. The summed E-state index contributed by atoms with van der Waals surface area (Å²) in [5.74, 6) is 0.470. The fourth-order valence-corrected chi connectivity index (χ4v) is 2.62. The molecule has 5 heteroatoms. The van der Waals surface area contributed by atoms with Crippen molar-refractivity contribution >= 4 is 32.9 Å². The molecule has 1 heterocycles. The molecular formula is C14H21N3OS. The standard InChI is InChI=1S/C14H21N3OS/c1-4-18-7-11(9(2)3)17-10-5-6-12-14(13(10)15)16-8-19-12/h5-6,8-9,11,17H,4,7,15H2,1-3H3. The molecule has 2 rings (SSSR count). The van der Waals surface area contributed by atoms with E-state index in [4.69, 9.17) is 10.5 Å². The quantitative estimate of drug-likeness (QED) is 0.796. The van der Waals surface area contributed by atoms with Crippen molar-refractivity contribution in [3.63, 3.8) is 0 Å². The Balaban J connectivity index is 2.20. The smallest absolute Gasteiger partial charge is 0.106 e. The maximum atomic E-state index is 6.18. The summed E-state index contributed by atoms with van der Waals surface area (Å²) in [5, 5.41) is 3.48. The van der Waals surface area contributed by atoms with E-state index in [0.29, 0.717) is 12.5 Å². The summed E-state index contributed by atoms with van der Waals surface area (Å²) in [6.45, 7) is 7.77. The van der Waals surface area contributed by atoms with Gasteiger partial charge in [-0.1, -0.05) is 13.8 Å². The summed E-state index contributed by atoms with van der Waals surface area (Å²) < 4.78 is 6.64. The highest BCUT2D eigenvalue weighted by Gasteiger charge is 2.15. The minimum Gasteiger partial charge on any atom is -0.395 e. The fourth-order valence-electron chi connectivity index (χ4n) is 1.92. The average Bonchev–Trinajstić information content (AvgIpc) is 2.85. The van der Waals surface area contributed by atoms with E-state index in [1.54, 1.807) is 11.3 Å². The predicted molar refractivity (Wildman–Crippen MR) is 82.8 cm³/mol. The Hall–Kier alpha value is -1.33. The molecule has 0 bridgehead atoms. The molecule has 0 fully saturated rings. The van der Waals surface area contributed by atoms with Gasteiger partial charge >= 0.3 is 0 Å². The number of nitrogens with zero attached hydrogens (tertiary/aromatic N) is 1. The van der Waals surface area contributed by atoms with Gasteiger partial charge in [0.25, 0.3) is 0 Å². The number of nitrogen functional groups attached to an aromatic ring is 1. The Kier molecular flexibility index (Phi) is 4.61. The first-order chi connectivity index (χ1) is 9.13. The molecule has 1 aromatic heterocycles.